The van der Waals surface area contributed by atoms with Crippen molar-refractivity contribution in [1.82, 2.24) is 0 Å². The summed E-state index contributed by atoms with van der Waals surface area (Å²) in [6, 6.07) is -0.423. The van der Waals surface area contributed by atoms with Crippen LogP contribution in [0.15, 0.2) is 0 Å². The molecule has 1 atom stereocenters. The van der Waals surface area contributed by atoms with Crippen LogP contribution < -0.4 is 5.73 Å². The summed E-state index contributed by atoms with van der Waals surface area (Å²) >= 11 is 0. The van der Waals surface area contributed by atoms with Gasteiger partial charge in [0.25, 0.3) is 0 Å². The second-order valence-corrected chi connectivity index (χ2v) is 4.13. The zero-order chi connectivity index (χ0) is 11.2. The Morgan fingerprint density at radius 1 is 1.50 bits per heavy atom. The van der Waals surface area contributed by atoms with Gasteiger partial charge in [0, 0.05) is 5.41 Å². The SMILES string of the molecule is CCOC(=O)CC(N)C#CC(C)(C)C. The Hall–Kier alpha value is -1.01. The number of rotatable bonds is 3. The molecule has 14 heavy (non-hydrogen) atoms. The molecule has 0 radical (unpaired) electrons. The zero-order valence-electron chi connectivity index (χ0n) is 9.39. The van der Waals surface area contributed by atoms with Gasteiger partial charge in [-0.15, -0.1) is 0 Å². The Balaban J connectivity index is 4.02. The van der Waals surface area contributed by atoms with Crippen molar-refractivity contribution in [3.8, 4) is 11.8 Å². The molecule has 0 bridgehead atoms. The van der Waals surface area contributed by atoms with Crippen LogP contribution in [0.4, 0.5) is 0 Å². The highest BCUT2D eigenvalue weighted by Gasteiger charge is 2.09. The van der Waals surface area contributed by atoms with E-state index < -0.39 is 6.04 Å². The minimum atomic E-state index is -0.423. The van der Waals surface area contributed by atoms with Crippen LogP contribution in [0.25, 0.3) is 0 Å². The van der Waals surface area contributed by atoms with Gasteiger partial charge in [0.1, 0.15) is 0 Å². The van der Waals surface area contributed by atoms with Gasteiger partial charge in [-0.3, -0.25) is 4.79 Å². The van der Waals surface area contributed by atoms with Crippen LogP contribution in [0, 0.1) is 17.3 Å². The molecule has 0 rings (SSSR count). The third kappa shape index (κ3) is 7.63. The largest absolute Gasteiger partial charge is 0.466 e. The Labute approximate surface area is 86.0 Å². The van der Waals surface area contributed by atoms with Gasteiger partial charge in [0.05, 0.1) is 19.1 Å². The third-order valence-electron chi connectivity index (χ3n) is 1.32. The lowest BCUT2D eigenvalue weighted by molar-refractivity contribution is -0.143. The van der Waals surface area contributed by atoms with Crippen LogP contribution in [0.1, 0.15) is 34.1 Å². The number of carbonyl (C=O) groups excluding carboxylic acids is 1. The van der Waals surface area contributed by atoms with E-state index in [2.05, 4.69) is 11.8 Å². The van der Waals surface area contributed by atoms with Crippen molar-refractivity contribution >= 4 is 5.97 Å². The topological polar surface area (TPSA) is 52.3 Å². The standard InChI is InChI=1S/C11H19NO2/c1-5-14-10(13)8-9(12)6-7-11(2,3)4/h9H,5,8,12H2,1-4H3. The van der Waals surface area contributed by atoms with E-state index in [1.165, 1.54) is 0 Å². The van der Waals surface area contributed by atoms with E-state index in [0.717, 1.165) is 0 Å². The lowest BCUT2D eigenvalue weighted by Gasteiger charge is -2.09. The maximum atomic E-state index is 11.0. The summed E-state index contributed by atoms with van der Waals surface area (Å²) in [5.41, 5.74) is 5.56. The summed E-state index contributed by atoms with van der Waals surface area (Å²) in [7, 11) is 0. The van der Waals surface area contributed by atoms with E-state index in [4.69, 9.17) is 10.5 Å². The number of carbonyl (C=O) groups is 1. The second kappa shape index (κ2) is 5.66. The van der Waals surface area contributed by atoms with Crippen LogP contribution in [-0.4, -0.2) is 18.6 Å². The Morgan fingerprint density at radius 3 is 2.50 bits per heavy atom. The Bertz CT molecular complexity index is 242. The monoisotopic (exact) mass is 197 g/mol. The quantitative estimate of drug-likeness (QED) is 0.548. The predicted molar refractivity (Wildman–Crippen MR) is 56.5 cm³/mol. The number of ether oxygens (including phenoxy) is 1. The van der Waals surface area contributed by atoms with Gasteiger partial charge in [0.15, 0.2) is 0 Å². The molecule has 0 aromatic heterocycles. The lowest BCUT2D eigenvalue weighted by Crippen LogP contribution is -2.23. The van der Waals surface area contributed by atoms with E-state index in [-0.39, 0.29) is 17.8 Å². The number of esters is 1. The van der Waals surface area contributed by atoms with Crippen molar-refractivity contribution < 1.29 is 9.53 Å². The molecule has 80 valence electrons. The van der Waals surface area contributed by atoms with E-state index in [0.29, 0.717) is 6.61 Å². The minimum Gasteiger partial charge on any atom is -0.466 e. The molecule has 0 aromatic carbocycles. The van der Waals surface area contributed by atoms with Gasteiger partial charge >= 0.3 is 5.97 Å². The van der Waals surface area contributed by atoms with Crippen LogP contribution in [0.5, 0.6) is 0 Å². The molecule has 2 N–H and O–H groups in total. The van der Waals surface area contributed by atoms with Gasteiger partial charge in [-0.2, -0.15) is 0 Å². The first kappa shape index (κ1) is 13.0. The van der Waals surface area contributed by atoms with Gasteiger partial charge in [0.2, 0.25) is 0 Å². The maximum Gasteiger partial charge on any atom is 0.308 e. The number of hydrogen-bond donors (Lipinski definition) is 1. The summed E-state index contributed by atoms with van der Waals surface area (Å²) in [5, 5.41) is 0. The number of nitrogens with two attached hydrogens (primary N) is 1. The van der Waals surface area contributed by atoms with Gasteiger partial charge in [-0.1, -0.05) is 11.8 Å². The summed E-state index contributed by atoms with van der Waals surface area (Å²) in [6.45, 7) is 8.15. The lowest BCUT2D eigenvalue weighted by atomic mass is 9.97. The molecule has 0 fully saturated rings. The molecule has 0 aliphatic heterocycles. The minimum absolute atomic E-state index is 0.0771. The zero-order valence-corrected chi connectivity index (χ0v) is 9.39. The van der Waals surface area contributed by atoms with E-state index in [9.17, 15) is 4.79 Å². The van der Waals surface area contributed by atoms with Crippen LogP contribution in [0.2, 0.25) is 0 Å². The highest BCUT2D eigenvalue weighted by molar-refractivity contribution is 5.70. The summed E-state index contributed by atoms with van der Waals surface area (Å²) in [6.07, 6.45) is 0.164. The molecule has 0 saturated heterocycles. The highest BCUT2D eigenvalue weighted by Crippen LogP contribution is 2.09. The molecule has 0 heterocycles. The second-order valence-electron chi connectivity index (χ2n) is 4.13. The van der Waals surface area contributed by atoms with Crippen LogP contribution in [-0.2, 0) is 9.53 Å². The van der Waals surface area contributed by atoms with Gasteiger partial charge in [-0.05, 0) is 27.7 Å². The van der Waals surface area contributed by atoms with Crippen molar-refractivity contribution in [3.05, 3.63) is 0 Å². The summed E-state index contributed by atoms with van der Waals surface area (Å²) in [5.74, 6) is 5.54. The Kier molecular flexibility index (Phi) is 5.26. The van der Waals surface area contributed by atoms with Crippen molar-refractivity contribution in [3.63, 3.8) is 0 Å². The summed E-state index contributed by atoms with van der Waals surface area (Å²) in [4.78, 5) is 11.0. The molecule has 0 saturated carbocycles. The molecule has 3 heteroatoms. The van der Waals surface area contributed by atoms with E-state index >= 15 is 0 Å². The fourth-order valence-electron chi connectivity index (χ4n) is 0.760. The van der Waals surface area contributed by atoms with Crippen LogP contribution in [0.3, 0.4) is 0 Å². The molecule has 0 amide bonds. The fourth-order valence-corrected chi connectivity index (χ4v) is 0.760. The molecule has 0 aliphatic carbocycles. The molecule has 3 nitrogen and oxygen atoms in total. The first-order chi connectivity index (χ1) is 6.35. The fraction of sp³-hybridized carbons (Fsp3) is 0.727. The number of hydrogen-bond acceptors (Lipinski definition) is 3. The average Bonchev–Trinajstić information content (AvgIpc) is 2.00. The molecule has 0 aromatic rings. The van der Waals surface area contributed by atoms with Crippen molar-refractivity contribution in [1.29, 1.82) is 0 Å². The van der Waals surface area contributed by atoms with Gasteiger partial charge in [-0.25, -0.2) is 0 Å². The summed E-state index contributed by atoms with van der Waals surface area (Å²) < 4.78 is 4.76. The molecule has 0 aliphatic rings. The first-order valence-corrected chi connectivity index (χ1v) is 4.79. The molecule has 1 unspecified atom stereocenters. The van der Waals surface area contributed by atoms with E-state index in [1.807, 2.05) is 20.8 Å². The van der Waals surface area contributed by atoms with Gasteiger partial charge < -0.3 is 10.5 Å². The highest BCUT2D eigenvalue weighted by atomic mass is 16.5. The van der Waals surface area contributed by atoms with Crippen LogP contribution >= 0.6 is 0 Å². The van der Waals surface area contributed by atoms with Crippen molar-refractivity contribution in [2.24, 2.45) is 11.1 Å². The third-order valence-corrected chi connectivity index (χ3v) is 1.32. The predicted octanol–water partition coefficient (Wildman–Crippen LogP) is 1.32. The Morgan fingerprint density at radius 2 is 2.07 bits per heavy atom. The molecular weight excluding hydrogens is 178 g/mol. The van der Waals surface area contributed by atoms with E-state index in [1.54, 1.807) is 6.92 Å². The molecule has 0 spiro atoms. The van der Waals surface area contributed by atoms with Crippen molar-refractivity contribution in [2.45, 2.75) is 40.2 Å². The normalized spacial score (nSPS) is 12.6. The van der Waals surface area contributed by atoms with Crippen molar-refractivity contribution in [2.75, 3.05) is 6.61 Å². The average molecular weight is 197 g/mol. The maximum absolute atomic E-state index is 11.0. The smallest absolute Gasteiger partial charge is 0.308 e. The molecular formula is C11H19NO2. The first-order valence-electron chi connectivity index (χ1n) is 4.79.